The molecule has 0 spiro atoms. The third-order valence-electron chi connectivity index (χ3n) is 3.19. The van der Waals surface area contributed by atoms with E-state index in [-0.39, 0.29) is 24.0 Å². The molecule has 0 atom stereocenters. The molecule has 5 nitrogen and oxygen atoms in total. The minimum atomic E-state index is -2.89. The summed E-state index contributed by atoms with van der Waals surface area (Å²) in [5.41, 5.74) is 1.39. The molecule has 126 valence electrons. The zero-order valence-corrected chi connectivity index (χ0v) is 12.9. The average Bonchev–Trinajstić information content (AvgIpc) is 2.56. The number of ether oxygens (including phenoxy) is 1. The molecule has 0 aliphatic heterocycles. The lowest BCUT2D eigenvalue weighted by molar-refractivity contribution is -0.115. The van der Waals surface area contributed by atoms with Crippen molar-refractivity contribution in [1.29, 1.82) is 0 Å². The van der Waals surface area contributed by atoms with Crippen molar-refractivity contribution < 1.29 is 23.1 Å². The highest BCUT2D eigenvalue weighted by molar-refractivity contribution is 6.03. The number of alkyl halides is 2. The Morgan fingerprint density at radius 1 is 1.08 bits per heavy atom. The van der Waals surface area contributed by atoms with Crippen LogP contribution in [0.4, 0.5) is 14.5 Å². The van der Waals surface area contributed by atoms with Crippen molar-refractivity contribution in [3.8, 4) is 5.75 Å². The molecular formula is C17H16F2N2O3. The smallest absolute Gasteiger partial charge is 0.387 e. The van der Waals surface area contributed by atoms with Crippen LogP contribution in [0.5, 0.6) is 5.75 Å². The molecule has 0 aliphatic rings. The minimum Gasteiger partial charge on any atom is -0.435 e. The monoisotopic (exact) mass is 334 g/mol. The molecule has 0 aromatic heterocycles. The molecule has 0 aliphatic carbocycles. The number of halogens is 2. The van der Waals surface area contributed by atoms with Gasteiger partial charge in [-0.1, -0.05) is 24.3 Å². The number of nitrogens with one attached hydrogen (secondary N) is 2. The third kappa shape index (κ3) is 4.77. The lowest BCUT2D eigenvalue weighted by atomic mass is 10.1. The third-order valence-corrected chi connectivity index (χ3v) is 3.19. The Hall–Kier alpha value is -2.96. The van der Waals surface area contributed by atoms with E-state index in [1.54, 1.807) is 24.3 Å². The number of carbonyl (C=O) groups is 2. The van der Waals surface area contributed by atoms with Gasteiger partial charge in [0.15, 0.2) is 0 Å². The molecule has 0 radical (unpaired) electrons. The number of hydrogen-bond donors (Lipinski definition) is 2. The maximum atomic E-state index is 12.1. The van der Waals surface area contributed by atoms with Gasteiger partial charge >= 0.3 is 6.61 Å². The second kappa shape index (κ2) is 8.05. The van der Waals surface area contributed by atoms with E-state index in [2.05, 4.69) is 15.4 Å². The number of carbonyl (C=O) groups excluding carboxylic acids is 2. The fourth-order valence-corrected chi connectivity index (χ4v) is 2.09. The van der Waals surface area contributed by atoms with E-state index < -0.39 is 6.61 Å². The van der Waals surface area contributed by atoms with Crippen LogP contribution < -0.4 is 15.4 Å². The van der Waals surface area contributed by atoms with Gasteiger partial charge in [-0.15, -0.1) is 0 Å². The van der Waals surface area contributed by atoms with E-state index in [1.165, 1.54) is 31.3 Å². The first-order valence-electron chi connectivity index (χ1n) is 7.14. The van der Waals surface area contributed by atoms with Crippen molar-refractivity contribution in [2.75, 3.05) is 12.4 Å². The van der Waals surface area contributed by atoms with Crippen LogP contribution in [0.1, 0.15) is 15.9 Å². The van der Waals surface area contributed by atoms with Gasteiger partial charge in [-0.3, -0.25) is 9.59 Å². The Bertz CT molecular complexity index is 718. The quantitative estimate of drug-likeness (QED) is 0.854. The lowest BCUT2D eigenvalue weighted by Gasteiger charge is -2.10. The van der Waals surface area contributed by atoms with Crippen LogP contribution in [0, 0.1) is 0 Å². The van der Waals surface area contributed by atoms with E-state index in [1.807, 2.05) is 0 Å². The Morgan fingerprint density at radius 3 is 2.38 bits per heavy atom. The number of benzene rings is 2. The van der Waals surface area contributed by atoms with Crippen LogP contribution in [-0.4, -0.2) is 25.5 Å². The van der Waals surface area contributed by atoms with Crippen molar-refractivity contribution in [2.24, 2.45) is 0 Å². The zero-order chi connectivity index (χ0) is 17.5. The summed E-state index contributed by atoms with van der Waals surface area (Å²) in [7, 11) is 1.50. The highest BCUT2D eigenvalue weighted by atomic mass is 19.3. The van der Waals surface area contributed by atoms with Crippen LogP contribution in [-0.2, 0) is 11.2 Å². The number of rotatable bonds is 6. The normalized spacial score (nSPS) is 10.3. The predicted molar refractivity (Wildman–Crippen MR) is 85.2 cm³/mol. The van der Waals surface area contributed by atoms with Crippen molar-refractivity contribution in [1.82, 2.24) is 5.32 Å². The molecule has 24 heavy (non-hydrogen) atoms. The topological polar surface area (TPSA) is 67.4 Å². The first-order valence-corrected chi connectivity index (χ1v) is 7.14. The molecule has 2 rings (SSSR count). The van der Waals surface area contributed by atoms with Crippen molar-refractivity contribution in [3.63, 3.8) is 0 Å². The number of hydrogen-bond acceptors (Lipinski definition) is 3. The van der Waals surface area contributed by atoms with Crippen LogP contribution in [0.15, 0.2) is 48.5 Å². The molecule has 0 bridgehead atoms. The summed E-state index contributed by atoms with van der Waals surface area (Å²) >= 11 is 0. The van der Waals surface area contributed by atoms with Gasteiger partial charge in [0.1, 0.15) is 5.75 Å². The van der Waals surface area contributed by atoms with Crippen LogP contribution in [0.25, 0.3) is 0 Å². The van der Waals surface area contributed by atoms with Crippen molar-refractivity contribution in [2.45, 2.75) is 13.0 Å². The SMILES string of the molecule is CNC(=O)c1ccccc1NC(=O)Cc1ccc(OC(F)F)cc1. The van der Waals surface area contributed by atoms with Crippen LogP contribution in [0.2, 0.25) is 0 Å². The van der Waals surface area contributed by atoms with Crippen LogP contribution in [0.3, 0.4) is 0 Å². The van der Waals surface area contributed by atoms with Gasteiger partial charge in [0.2, 0.25) is 5.91 Å². The molecule has 0 heterocycles. The van der Waals surface area contributed by atoms with Gasteiger partial charge in [-0.05, 0) is 29.8 Å². The van der Waals surface area contributed by atoms with Gasteiger partial charge in [0.05, 0.1) is 17.7 Å². The summed E-state index contributed by atoms with van der Waals surface area (Å²) < 4.78 is 28.4. The zero-order valence-electron chi connectivity index (χ0n) is 12.9. The van der Waals surface area contributed by atoms with Gasteiger partial charge in [0, 0.05) is 7.05 Å². The summed E-state index contributed by atoms with van der Waals surface area (Å²) in [4.78, 5) is 23.9. The van der Waals surface area contributed by atoms with E-state index in [0.717, 1.165) is 0 Å². The second-order valence-electron chi connectivity index (χ2n) is 4.87. The Kier molecular flexibility index (Phi) is 5.83. The summed E-state index contributed by atoms with van der Waals surface area (Å²) in [6, 6.07) is 12.4. The molecule has 0 unspecified atom stereocenters. The first kappa shape index (κ1) is 17.4. The largest absolute Gasteiger partial charge is 0.435 e. The molecular weight excluding hydrogens is 318 g/mol. The Balaban J connectivity index is 2.02. The second-order valence-corrected chi connectivity index (χ2v) is 4.87. The maximum Gasteiger partial charge on any atom is 0.387 e. The molecule has 2 amide bonds. The summed E-state index contributed by atoms with van der Waals surface area (Å²) in [5, 5.41) is 5.17. The highest BCUT2D eigenvalue weighted by Gasteiger charge is 2.12. The Labute approximate surface area is 137 Å². The van der Waals surface area contributed by atoms with Crippen molar-refractivity contribution in [3.05, 3.63) is 59.7 Å². The minimum absolute atomic E-state index is 0.0270. The fourth-order valence-electron chi connectivity index (χ4n) is 2.09. The fraction of sp³-hybridized carbons (Fsp3) is 0.176. The van der Waals surface area contributed by atoms with Gasteiger partial charge in [-0.2, -0.15) is 8.78 Å². The molecule has 2 aromatic carbocycles. The van der Waals surface area contributed by atoms with E-state index >= 15 is 0 Å². The number of anilines is 1. The molecule has 2 aromatic rings. The van der Waals surface area contributed by atoms with E-state index in [9.17, 15) is 18.4 Å². The van der Waals surface area contributed by atoms with E-state index in [4.69, 9.17) is 0 Å². The predicted octanol–water partition coefficient (Wildman–Crippen LogP) is 2.83. The molecule has 0 saturated carbocycles. The van der Waals surface area contributed by atoms with Crippen molar-refractivity contribution >= 4 is 17.5 Å². The Morgan fingerprint density at radius 2 is 1.75 bits per heavy atom. The van der Waals surface area contributed by atoms with Crippen LogP contribution >= 0.6 is 0 Å². The molecule has 0 fully saturated rings. The maximum absolute atomic E-state index is 12.1. The van der Waals surface area contributed by atoms with Gasteiger partial charge < -0.3 is 15.4 Å². The van der Waals surface area contributed by atoms with E-state index in [0.29, 0.717) is 16.8 Å². The molecule has 7 heteroatoms. The van der Waals surface area contributed by atoms with Gasteiger partial charge in [-0.25, -0.2) is 0 Å². The summed E-state index contributed by atoms with van der Waals surface area (Å²) in [5.74, 6) is -0.604. The standard InChI is InChI=1S/C17H16F2N2O3/c1-20-16(23)13-4-2-3-5-14(13)21-15(22)10-11-6-8-12(9-7-11)24-17(18)19/h2-9,17H,10H2,1H3,(H,20,23)(H,21,22). The highest BCUT2D eigenvalue weighted by Crippen LogP contribution is 2.17. The van der Waals surface area contributed by atoms with Gasteiger partial charge in [0.25, 0.3) is 5.91 Å². The average molecular weight is 334 g/mol. The number of amides is 2. The number of para-hydroxylation sites is 1. The molecule has 0 saturated heterocycles. The first-order chi connectivity index (χ1) is 11.5. The summed E-state index contributed by atoms with van der Waals surface area (Å²) in [6.07, 6.45) is 0.0387. The summed E-state index contributed by atoms with van der Waals surface area (Å²) in [6.45, 7) is -2.89. The lowest BCUT2D eigenvalue weighted by Crippen LogP contribution is -2.22. The molecule has 2 N–H and O–H groups in total.